The van der Waals surface area contributed by atoms with E-state index in [1.807, 2.05) is 30.3 Å². The highest BCUT2D eigenvalue weighted by Crippen LogP contribution is 2.46. The quantitative estimate of drug-likeness (QED) is 0.331. The van der Waals surface area contributed by atoms with Crippen molar-refractivity contribution in [3.05, 3.63) is 71.4 Å². The van der Waals surface area contributed by atoms with Crippen LogP contribution in [0.1, 0.15) is 36.6 Å². The van der Waals surface area contributed by atoms with Gasteiger partial charge in [0.1, 0.15) is 5.75 Å². The highest BCUT2D eigenvalue weighted by Gasteiger charge is 2.51. The molecule has 0 spiro atoms. The van der Waals surface area contributed by atoms with Crippen LogP contribution in [0.4, 0.5) is 13.2 Å². The Labute approximate surface area is 205 Å². The molecule has 1 aliphatic rings. The number of fused-ring (bicyclic) bond motifs is 1. The number of hydrogen-bond donors (Lipinski definition) is 1. The zero-order valence-electron chi connectivity index (χ0n) is 19.9. The number of ether oxygens (including phenoxy) is 2. The van der Waals surface area contributed by atoms with E-state index in [4.69, 9.17) is 9.47 Å². The standard InChI is InChI=1S/C28H24F3NO4/c1-15-14-17-6-4-5-7-18(17)23(21(15)25(26(33)34)36-27(2,3)28(29,30)31)19-8-9-20-22-16(11-13-35-20)10-12-32-24(19)22/h4-10,12,14,25H,11,13H2,1-3H3,(H,33,34)/t25-/m1/s1. The number of rotatable bonds is 5. The molecule has 0 bridgehead atoms. The Kier molecular flexibility index (Phi) is 5.67. The van der Waals surface area contributed by atoms with Crippen LogP contribution in [0.15, 0.2) is 54.7 Å². The minimum Gasteiger partial charge on any atom is -0.493 e. The summed E-state index contributed by atoms with van der Waals surface area (Å²) in [5.41, 5.74) is 0.709. The van der Waals surface area contributed by atoms with Gasteiger partial charge in [-0.2, -0.15) is 13.2 Å². The summed E-state index contributed by atoms with van der Waals surface area (Å²) in [6.07, 6.45) is -4.27. The predicted octanol–water partition coefficient (Wildman–Crippen LogP) is 6.78. The van der Waals surface area contributed by atoms with E-state index in [2.05, 4.69) is 4.98 Å². The maximum Gasteiger partial charge on any atom is 0.416 e. The Hall–Kier alpha value is -3.65. The Morgan fingerprint density at radius 3 is 2.61 bits per heavy atom. The van der Waals surface area contributed by atoms with E-state index in [0.29, 0.717) is 46.4 Å². The summed E-state index contributed by atoms with van der Waals surface area (Å²) in [4.78, 5) is 17.1. The van der Waals surface area contributed by atoms with E-state index in [1.54, 1.807) is 31.3 Å². The largest absolute Gasteiger partial charge is 0.493 e. The van der Waals surface area contributed by atoms with Crippen molar-refractivity contribution < 1.29 is 32.5 Å². The molecule has 5 nitrogen and oxygen atoms in total. The number of aliphatic carboxylic acids is 1. The first-order valence-electron chi connectivity index (χ1n) is 11.5. The summed E-state index contributed by atoms with van der Waals surface area (Å²) < 4.78 is 52.4. The van der Waals surface area contributed by atoms with E-state index >= 15 is 0 Å². The van der Waals surface area contributed by atoms with Gasteiger partial charge in [-0.1, -0.05) is 30.3 Å². The van der Waals surface area contributed by atoms with E-state index in [9.17, 15) is 23.1 Å². The number of aromatic nitrogens is 1. The van der Waals surface area contributed by atoms with Gasteiger partial charge in [-0.3, -0.25) is 4.98 Å². The third-order valence-corrected chi connectivity index (χ3v) is 6.72. The first-order valence-corrected chi connectivity index (χ1v) is 11.5. The first-order chi connectivity index (χ1) is 17.0. The SMILES string of the molecule is Cc1cc2ccccc2c(-c2ccc3c4c(ccnc24)CCO3)c1[C@@H](OC(C)(C)C(F)(F)F)C(=O)O. The Morgan fingerprint density at radius 2 is 1.89 bits per heavy atom. The molecule has 0 aliphatic carbocycles. The predicted molar refractivity (Wildman–Crippen MR) is 130 cm³/mol. The second kappa shape index (κ2) is 8.48. The van der Waals surface area contributed by atoms with E-state index < -0.39 is 23.9 Å². The molecule has 0 saturated heterocycles. The van der Waals surface area contributed by atoms with Crippen LogP contribution in [-0.2, 0) is 16.0 Å². The van der Waals surface area contributed by atoms with Gasteiger partial charge >= 0.3 is 12.1 Å². The summed E-state index contributed by atoms with van der Waals surface area (Å²) in [6, 6.07) is 14.7. The second-order valence-electron chi connectivity index (χ2n) is 9.45. The summed E-state index contributed by atoms with van der Waals surface area (Å²) >= 11 is 0. The van der Waals surface area contributed by atoms with Crippen molar-refractivity contribution in [1.29, 1.82) is 0 Å². The highest BCUT2D eigenvalue weighted by atomic mass is 19.4. The zero-order chi connectivity index (χ0) is 25.8. The van der Waals surface area contributed by atoms with Gasteiger partial charge in [0, 0.05) is 29.1 Å². The Morgan fingerprint density at radius 1 is 1.14 bits per heavy atom. The van der Waals surface area contributed by atoms with Crippen LogP contribution >= 0.6 is 0 Å². The fourth-order valence-corrected chi connectivity index (χ4v) is 4.83. The number of carbonyl (C=O) groups is 1. The number of pyridine rings is 1. The third kappa shape index (κ3) is 3.86. The molecule has 2 heterocycles. The van der Waals surface area contributed by atoms with Gasteiger partial charge < -0.3 is 14.6 Å². The van der Waals surface area contributed by atoms with Gasteiger partial charge in [-0.25, -0.2) is 4.79 Å². The van der Waals surface area contributed by atoms with E-state index in [1.165, 1.54) is 0 Å². The van der Waals surface area contributed by atoms with Crippen molar-refractivity contribution in [3.63, 3.8) is 0 Å². The molecule has 0 radical (unpaired) electrons. The minimum absolute atomic E-state index is 0.165. The average Bonchev–Trinajstić information content (AvgIpc) is 2.82. The van der Waals surface area contributed by atoms with Crippen molar-refractivity contribution in [2.45, 2.75) is 45.1 Å². The first kappa shape index (κ1) is 24.1. The normalized spacial score (nSPS) is 14.6. The van der Waals surface area contributed by atoms with Crippen molar-refractivity contribution in [1.82, 2.24) is 4.98 Å². The number of alkyl halides is 3. The van der Waals surface area contributed by atoms with Gasteiger partial charge in [-0.05, 0) is 66.4 Å². The summed E-state index contributed by atoms with van der Waals surface area (Å²) in [6.45, 7) is 3.89. The molecule has 0 amide bonds. The molecule has 186 valence electrons. The maximum absolute atomic E-state index is 13.8. The Balaban J connectivity index is 1.86. The molecule has 36 heavy (non-hydrogen) atoms. The molecular weight excluding hydrogens is 471 g/mol. The molecule has 4 aromatic rings. The third-order valence-electron chi connectivity index (χ3n) is 6.72. The summed E-state index contributed by atoms with van der Waals surface area (Å²) in [7, 11) is 0. The second-order valence-corrected chi connectivity index (χ2v) is 9.45. The molecule has 1 atom stereocenters. The van der Waals surface area contributed by atoms with Crippen LogP contribution in [-0.4, -0.2) is 34.4 Å². The lowest BCUT2D eigenvalue weighted by molar-refractivity contribution is -0.277. The monoisotopic (exact) mass is 495 g/mol. The van der Waals surface area contributed by atoms with Gasteiger partial charge in [0.2, 0.25) is 0 Å². The van der Waals surface area contributed by atoms with Crippen LogP contribution in [0.5, 0.6) is 5.75 Å². The number of carboxylic acid groups (broad SMARTS) is 1. The van der Waals surface area contributed by atoms with Gasteiger partial charge in [-0.15, -0.1) is 0 Å². The van der Waals surface area contributed by atoms with Gasteiger partial charge in [0.25, 0.3) is 0 Å². The molecule has 5 rings (SSSR count). The molecule has 0 unspecified atom stereocenters. The number of benzene rings is 3. The molecular formula is C28H24F3NO4. The molecule has 1 N–H and O–H groups in total. The number of nitrogens with zero attached hydrogens (tertiary/aromatic N) is 1. The summed E-state index contributed by atoms with van der Waals surface area (Å²) in [5.74, 6) is -0.836. The number of hydrogen-bond acceptors (Lipinski definition) is 4. The fraction of sp³-hybridized carbons (Fsp3) is 0.286. The lowest BCUT2D eigenvalue weighted by atomic mass is 9.85. The molecule has 1 aromatic heterocycles. The lowest BCUT2D eigenvalue weighted by Crippen LogP contribution is -2.44. The molecule has 0 saturated carbocycles. The van der Waals surface area contributed by atoms with Crippen molar-refractivity contribution >= 4 is 27.6 Å². The van der Waals surface area contributed by atoms with Crippen LogP contribution in [0.3, 0.4) is 0 Å². The van der Waals surface area contributed by atoms with Crippen molar-refractivity contribution in [3.8, 4) is 16.9 Å². The van der Waals surface area contributed by atoms with E-state index in [0.717, 1.165) is 30.2 Å². The van der Waals surface area contributed by atoms with Crippen LogP contribution in [0.25, 0.3) is 32.8 Å². The number of aryl methyl sites for hydroxylation is 1. The number of halogens is 3. The van der Waals surface area contributed by atoms with Crippen LogP contribution in [0.2, 0.25) is 0 Å². The maximum atomic E-state index is 13.8. The lowest BCUT2D eigenvalue weighted by Gasteiger charge is -2.33. The molecule has 3 aromatic carbocycles. The van der Waals surface area contributed by atoms with Crippen LogP contribution in [0, 0.1) is 6.92 Å². The minimum atomic E-state index is -4.77. The van der Waals surface area contributed by atoms with Gasteiger partial charge in [0.15, 0.2) is 11.7 Å². The van der Waals surface area contributed by atoms with E-state index in [-0.39, 0.29) is 5.56 Å². The zero-order valence-corrected chi connectivity index (χ0v) is 19.9. The smallest absolute Gasteiger partial charge is 0.416 e. The molecule has 0 fully saturated rings. The molecule has 1 aliphatic heterocycles. The molecule has 8 heteroatoms. The highest BCUT2D eigenvalue weighted by molar-refractivity contribution is 6.08. The van der Waals surface area contributed by atoms with Crippen molar-refractivity contribution in [2.24, 2.45) is 0 Å². The summed E-state index contributed by atoms with van der Waals surface area (Å²) in [5, 5.41) is 12.5. The Bertz CT molecular complexity index is 1500. The topological polar surface area (TPSA) is 68.7 Å². The van der Waals surface area contributed by atoms with Crippen LogP contribution < -0.4 is 4.74 Å². The average molecular weight is 495 g/mol. The van der Waals surface area contributed by atoms with Gasteiger partial charge in [0.05, 0.1) is 12.1 Å². The number of carboxylic acids is 1. The fourth-order valence-electron chi connectivity index (χ4n) is 4.83. The van der Waals surface area contributed by atoms with Crippen molar-refractivity contribution in [2.75, 3.05) is 6.61 Å².